The van der Waals surface area contributed by atoms with Gasteiger partial charge in [-0.15, -0.1) is 0 Å². The summed E-state index contributed by atoms with van der Waals surface area (Å²) >= 11 is 0. The van der Waals surface area contributed by atoms with Gasteiger partial charge in [-0.25, -0.2) is 4.99 Å². The quantitative estimate of drug-likeness (QED) is 0.206. The highest BCUT2D eigenvalue weighted by Gasteiger charge is 2.38. The summed E-state index contributed by atoms with van der Waals surface area (Å²) in [7, 11) is 0. The molecule has 0 bridgehead atoms. The molecule has 1 atom stereocenters. The molecule has 0 aromatic heterocycles. The SMILES string of the molecule is C1=C(c2ccc3ccccc3c2)[NH2+]C(c2cccc3c2Oc2cccc4c2N3c2cc3ccccc3cc2O4)N=C1c1ccc2ccccc2c1. The van der Waals surface area contributed by atoms with Gasteiger partial charge in [0.1, 0.15) is 11.4 Å². The molecule has 240 valence electrons. The number of para-hydroxylation sites is 2. The summed E-state index contributed by atoms with van der Waals surface area (Å²) in [6.45, 7) is 0. The largest absolute Gasteiger partial charge is 0.453 e. The number of anilines is 3. The average Bonchev–Trinajstić information content (AvgIpc) is 3.19. The number of fused-ring (bicyclic) bond motifs is 7. The van der Waals surface area contributed by atoms with Gasteiger partial charge in [0.15, 0.2) is 23.0 Å². The van der Waals surface area contributed by atoms with Crippen LogP contribution in [0.2, 0.25) is 0 Å². The van der Waals surface area contributed by atoms with Gasteiger partial charge in [0, 0.05) is 17.2 Å². The van der Waals surface area contributed by atoms with Crippen LogP contribution in [0.4, 0.5) is 17.1 Å². The van der Waals surface area contributed by atoms with Crippen molar-refractivity contribution in [3.8, 4) is 23.0 Å². The molecular formula is C46H30N3O2+. The monoisotopic (exact) mass is 656 g/mol. The van der Waals surface area contributed by atoms with Crippen molar-refractivity contribution >= 4 is 60.8 Å². The summed E-state index contributed by atoms with van der Waals surface area (Å²) in [6, 6.07) is 55.5. The van der Waals surface area contributed by atoms with Crippen LogP contribution in [0, 0.1) is 0 Å². The number of hydrogen-bond acceptors (Lipinski definition) is 4. The van der Waals surface area contributed by atoms with E-state index in [4.69, 9.17) is 14.5 Å². The fourth-order valence-electron chi connectivity index (χ4n) is 7.82. The Labute approximate surface area is 294 Å². The molecule has 0 aliphatic carbocycles. The van der Waals surface area contributed by atoms with E-state index in [9.17, 15) is 0 Å². The molecule has 8 aromatic rings. The number of nitrogens with zero attached hydrogens (tertiary/aromatic N) is 2. The predicted octanol–water partition coefficient (Wildman–Crippen LogP) is 10.9. The van der Waals surface area contributed by atoms with Gasteiger partial charge in [0.2, 0.25) is 6.17 Å². The number of rotatable bonds is 3. The molecule has 0 saturated heterocycles. The maximum atomic E-state index is 6.88. The van der Waals surface area contributed by atoms with Crippen molar-refractivity contribution in [2.24, 2.45) is 4.99 Å². The van der Waals surface area contributed by atoms with Crippen molar-refractivity contribution in [1.82, 2.24) is 0 Å². The van der Waals surface area contributed by atoms with E-state index in [2.05, 4.69) is 156 Å². The van der Waals surface area contributed by atoms with Gasteiger partial charge in [0.25, 0.3) is 0 Å². The van der Waals surface area contributed by atoms with E-state index in [1.54, 1.807) is 0 Å². The molecule has 0 spiro atoms. The van der Waals surface area contributed by atoms with Crippen LogP contribution < -0.4 is 19.7 Å². The van der Waals surface area contributed by atoms with Crippen LogP contribution in [-0.4, -0.2) is 5.71 Å². The first-order chi connectivity index (χ1) is 25.2. The van der Waals surface area contributed by atoms with Gasteiger partial charge < -0.3 is 9.47 Å². The third-order valence-electron chi connectivity index (χ3n) is 10.3. The topological polar surface area (TPSA) is 50.7 Å². The zero-order chi connectivity index (χ0) is 33.5. The number of allylic oxidation sites excluding steroid dienone is 1. The summed E-state index contributed by atoms with van der Waals surface area (Å²) in [5.41, 5.74) is 8.17. The van der Waals surface area contributed by atoms with Gasteiger partial charge in [-0.1, -0.05) is 103 Å². The molecule has 8 aromatic carbocycles. The number of ether oxygens (including phenoxy) is 2. The third kappa shape index (κ3) is 4.49. The van der Waals surface area contributed by atoms with Gasteiger partial charge in [-0.3, -0.25) is 10.2 Å². The van der Waals surface area contributed by atoms with Crippen LogP contribution in [0.5, 0.6) is 23.0 Å². The van der Waals surface area contributed by atoms with E-state index >= 15 is 0 Å². The zero-order valence-electron chi connectivity index (χ0n) is 27.5. The van der Waals surface area contributed by atoms with E-state index in [-0.39, 0.29) is 6.17 Å². The van der Waals surface area contributed by atoms with E-state index < -0.39 is 0 Å². The highest BCUT2D eigenvalue weighted by Crippen LogP contribution is 2.61. The molecule has 51 heavy (non-hydrogen) atoms. The minimum atomic E-state index is -0.297. The Morgan fingerprint density at radius 1 is 0.490 bits per heavy atom. The van der Waals surface area contributed by atoms with Gasteiger partial charge in [-0.05, 0) is 86.9 Å². The number of aliphatic imine (C=N–C) groups is 1. The molecule has 2 N–H and O–H groups in total. The summed E-state index contributed by atoms with van der Waals surface area (Å²) < 4.78 is 13.4. The van der Waals surface area contributed by atoms with Crippen LogP contribution in [0.25, 0.3) is 38.0 Å². The van der Waals surface area contributed by atoms with E-state index in [1.165, 1.54) is 21.5 Å². The first-order valence-corrected chi connectivity index (χ1v) is 17.3. The molecule has 3 aliphatic rings. The van der Waals surface area contributed by atoms with Crippen LogP contribution in [0.1, 0.15) is 22.9 Å². The van der Waals surface area contributed by atoms with E-state index in [0.29, 0.717) is 0 Å². The summed E-state index contributed by atoms with van der Waals surface area (Å²) in [6.07, 6.45) is 1.93. The molecular weight excluding hydrogens is 627 g/mol. The normalized spacial score (nSPS) is 15.7. The van der Waals surface area contributed by atoms with E-state index in [1.807, 2.05) is 18.2 Å². The standard InChI is InChI=1S/C46H29N3O2/c1-3-11-30-23-34(21-19-28(30)9-1)37-27-38(35-22-20-29-10-2-4-12-31(29)24-35)48-46(47-37)36-15-7-16-39-45(36)51-42-18-8-17-41-44(42)49(39)40-25-32-13-5-6-14-33(32)26-43(40)50-41/h1-27,46-47H/p+1. The second kappa shape index (κ2) is 10.9. The van der Waals surface area contributed by atoms with Crippen molar-refractivity contribution in [3.05, 3.63) is 180 Å². The maximum absolute atomic E-state index is 6.88. The number of benzene rings is 8. The molecule has 3 aliphatic heterocycles. The highest BCUT2D eigenvalue weighted by molar-refractivity contribution is 6.13. The summed E-state index contributed by atoms with van der Waals surface area (Å²) in [5, 5.41) is 9.40. The Bertz CT molecular complexity index is 2820. The highest BCUT2D eigenvalue weighted by atomic mass is 16.5. The Hall–Kier alpha value is -6.69. The number of nitrogens with two attached hydrogens (primary N) is 1. The van der Waals surface area contributed by atoms with Gasteiger partial charge >= 0.3 is 0 Å². The summed E-state index contributed by atoms with van der Waals surface area (Å²) in [4.78, 5) is 7.76. The zero-order valence-corrected chi connectivity index (χ0v) is 27.5. The van der Waals surface area contributed by atoms with Gasteiger partial charge in [-0.2, -0.15) is 0 Å². The Morgan fingerprint density at radius 2 is 1.10 bits per heavy atom. The smallest absolute Gasteiger partial charge is 0.214 e. The maximum Gasteiger partial charge on any atom is 0.214 e. The molecule has 1 unspecified atom stereocenters. The average molecular weight is 657 g/mol. The van der Waals surface area contributed by atoms with Crippen LogP contribution in [0.15, 0.2) is 169 Å². The molecule has 0 saturated carbocycles. The first kappa shape index (κ1) is 28.2. The molecule has 0 radical (unpaired) electrons. The number of quaternary nitrogens is 1. The van der Waals surface area contributed by atoms with Crippen molar-refractivity contribution in [2.45, 2.75) is 6.17 Å². The second-order valence-electron chi connectivity index (χ2n) is 13.4. The first-order valence-electron chi connectivity index (χ1n) is 17.3. The van der Waals surface area contributed by atoms with Crippen molar-refractivity contribution in [2.75, 3.05) is 4.90 Å². The summed E-state index contributed by atoms with van der Waals surface area (Å²) in [5.74, 6) is 3.14. The van der Waals surface area contributed by atoms with Crippen LogP contribution in [0.3, 0.4) is 0 Å². The van der Waals surface area contributed by atoms with Crippen LogP contribution >= 0.6 is 0 Å². The lowest BCUT2D eigenvalue weighted by Crippen LogP contribution is -2.83. The number of hydrogen-bond donors (Lipinski definition) is 1. The Kier molecular flexibility index (Phi) is 6.03. The Morgan fingerprint density at radius 3 is 1.84 bits per heavy atom. The van der Waals surface area contributed by atoms with Crippen molar-refractivity contribution in [1.29, 1.82) is 0 Å². The fourth-order valence-corrected chi connectivity index (χ4v) is 7.82. The second-order valence-corrected chi connectivity index (χ2v) is 13.4. The molecule has 5 heteroatoms. The molecule has 0 amide bonds. The molecule has 3 heterocycles. The minimum Gasteiger partial charge on any atom is -0.453 e. The van der Waals surface area contributed by atoms with Gasteiger partial charge in [0.05, 0.1) is 22.6 Å². The lowest BCUT2D eigenvalue weighted by molar-refractivity contribution is -0.609. The Balaban J connectivity index is 1.09. The fraction of sp³-hybridized carbons (Fsp3) is 0.0217. The third-order valence-corrected chi connectivity index (χ3v) is 10.3. The lowest BCUT2D eigenvalue weighted by atomic mass is 9.97. The van der Waals surface area contributed by atoms with Crippen molar-refractivity contribution < 1.29 is 14.8 Å². The molecule has 0 fully saturated rings. The van der Waals surface area contributed by atoms with E-state index in [0.717, 1.165) is 78.9 Å². The van der Waals surface area contributed by atoms with Crippen LogP contribution in [-0.2, 0) is 0 Å². The molecule has 5 nitrogen and oxygen atoms in total. The minimum absolute atomic E-state index is 0.297. The predicted molar refractivity (Wildman–Crippen MR) is 206 cm³/mol. The van der Waals surface area contributed by atoms with Crippen molar-refractivity contribution in [3.63, 3.8) is 0 Å². The molecule has 11 rings (SSSR count). The lowest BCUT2D eigenvalue weighted by Gasteiger charge is -2.38.